The third kappa shape index (κ3) is 4.69. The Morgan fingerprint density at radius 2 is 1.72 bits per heavy atom. The van der Waals surface area contributed by atoms with Gasteiger partial charge in [0.25, 0.3) is 15.7 Å². The molecule has 11 heteroatoms. The number of carbonyl (C=O) groups excluding carboxylic acids is 2. The molecule has 0 bridgehead atoms. The van der Waals surface area contributed by atoms with E-state index in [2.05, 4.69) is 4.74 Å². The topological polar surface area (TPSA) is 133 Å². The number of hydrogen-bond acceptors (Lipinski definition) is 8. The highest BCUT2D eigenvalue weighted by atomic mass is 32.2. The van der Waals surface area contributed by atoms with Crippen LogP contribution in [0, 0.1) is 10.1 Å². The Bertz CT molecular complexity index is 1040. The Labute approximate surface area is 166 Å². The summed E-state index contributed by atoms with van der Waals surface area (Å²) < 4.78 is 36.7. The minimum Gasteiger partial charge on any atom is -0.468 e. The van der Waals surface area contributed by atoms with E-state index >= 15 is 0 Å². The molecular weight excluding hydrogens is 404 g/mol. The van der Waals surface area contributed by atoms with Gasteiger partial charge in [0.2, 0.25) is 0 Å². The molecule has 0 fully saturated rings. The normalized spacial score (nSPS) is 10.8. The Morgan fingerprint density at radius 3 is 2.34 bits per heavy atom. The molecule has 0 unspecified atom stereocenters. The van der Waals surface area contributed by atoms with Crippen LogP contribution in [-0.4, -0.2) is 45.5 Å². The summed E-state index contributed by atoms with van der Waals surface area (Å²) in [6.07, 6.45) is 0. The number of anilines is 1. The van der Waals surface area contributed by atoms with Gasteiger partial charge in [-0.3, -0.25) is 19.2 Å². The number of benzene rings is 2. The van der Waals surface area contributed by atoms with Gasteiger partial charge in [0.05, 0.1) is 29.9 Å². The van der Waals surface area contributed by atoms with Crippen molar-refractivity contribution >= 4 is 33.3 Å². The predicted octanol–water partition coefficient (Wildman–Crippen LogP) is 2.14. The number of carbonyl (C=O) groups is 2. The molecule has 2 aromatic carbocycles. The van der Waals surface area contributed by atoms with Crippen molar-refractivity contribution in [2.24, 2.45) is 0 Å². The maximum absolute atomic E-state index is 13.3. The first-order valence-electron chi connectivity index (χ1n) is 8.33. The molecule has 0 aromatic heterocycles. The Hall–Kier alpha value is -3.47. The molecule has 0 saturated carbocycles. The second-order valence-corrected chi connectivity index (χ2v) is 7.38. The Kier molecular flexibility index (Phi) is 6.89. The second-order valence-electron chi connectivity index (χ2n) is 5.55. The van der Waals surface area contributed by atoms with Gasteiger partial charge in [-0.25, -0.2) is 13.2 Å². The summed E-state index contributed by atoms with van der Waals surface area (Å²) in [5, 5.41) is 11.3. The lowest BCUT2D eigenvalue weighted by atomic mass is 10.2. The molecule has 0 spiro atoms. The smallest absolute Gasteiger partial charge is 0.340 e. The molecule has 29 heavy (non-hydrogen) atoms. The fourth-order valence-corrected chi connectivity index (χ4v) is 4.09. The third-order valence-corrected chi connectivity index (χ3v) is 5.61. The first-order chi connectivity index (χ1) is 13.7. The van der Waals surface area contributed by atoms with Crippen LogP contribution in [-0.2, 0) is 24.3 Å². The maximum Gasteiger partial charge on any atom is 0.340 e. The van der Waals surface area contributed by atoms with E-state index in [1.54, 1.807) is 6.92 Å². The van der Waals surface area contributed by atoms with Crippen LogP contribution in [0.2, 0.25) is 0 Å². The zero-order valence-corrected chi connectivity index (χ0v) is 16.4. The Balaban J connectivity index is 2.72. The van der Waals surface area contributed by atoms with Crippen molar-refractivity contribution in [3.63, 3.8) is 0 Å². The van der Waals surface area contributed by atoms with Crippen molar-refractivity contribution in [3.8, 4) is 0 Å². The molecule has 0 aliphatic heterocycles. The SMILES string of the molecule is CCOC(=O)c1ccccc1N(CC(=O)OC)S(=O)(=O)c1ccccc1[N+](=O)[O-]. The number of sulfonamides is 1. The number of nitrogens with zero attached hydrogens (tertiary/aromatic N) is 2. The lowest BCUT2D eigenvalue weighted by Crippen LogP contribution is -2.37. The summed E-state index contributed by atoms with van der Waals surface area (Å²) in [4.78, 5) is 34.1. The van der Waals surface area contributed by atoms with Crippen LogP contribution in [0.15, 0.2) is 53.4 Å². The van der Waals surface area contributed by atoms with Crippen molar-refractivity contribution < 1.29 is 32.4 Å². The van der Waals surface area contributed by atoms with Crippen LogP contribution in [0.5, 0.6) is 0 Å². The van der Waals surface area contributed by atoms with E-state index in [1.165, 1.54) is 36.4 Å². The van der Waals surface area contributed by atoms with Gasteiger partial charge in [0.1, 0.15) is 6.54 Å². The van der Waals surface area contributed by atoms with Crippen molar-refractivity contribution in [1.82, 2.24) is 0 Å². The van der Waals surface area contributed by atoms with Crippen LogP contribution >= 0.6 is 0 Å². The van der Waals surface area contributed by atoms with Crippen LogP contribution in [0.3, 0.4) is 0 Å². The number of rotatable bonds is 8. The van der Waals surface area contributed by atoms with E-state index in [-0.39, 0.29) is 17.9 Å². The summed E-state index contributed by atoms with van der Waals surface area (Å²) in [6, 6.07) is 10.3. The van der Waals surface area contributed by atoms with Crippen LogP contribution < -0.4 is 4.31 Å². The molecule has 0 amide bonds. The number of methoxy groups -OCH3 is 1. The molecule has 0 atom stereocenters. The number of nitro groups is 1. The van der Waals surface area contributed by atoms with Crippen molar-refractivity contribution in [2.75, 3.05) is 24.6 Å². The zero-order chi connectivity index (χ0) is 21.6. The first-order valence-corrected chi connectivity index (χ1v) is 9.77. The molecule has 0 aliphatic rings. The molecule has 0 N–H and O–H groups in total. The van der Waals surface area contributed by atoms with E-state index in [0.717, 1.165) is 19.2 Å². The lowest BCUT2D eigenvalue weighted by molar-refractivity contribution is -0.387. The van der Waals surface area contributed by atoms with E-state index in [1.807, 2.05) is 0 Å². The summed E-state index contributed by atoms with van der Waals surface area (Å²) in [7, 11) is -3.56. The van der Waals surface area contributed by atoms with E-state index in [0.29, 0.717) is 4.31 Å². The second kappa shape index (κ2) is 9.15. The van der Waals surface area contributed by atoms with Gasteiger partial charge in [0, 0.05) is 6.07 Å². The van der Waals surface area contributed by atoms with Gasteiger partial charge in [-0.05, 0) is 25.1 Å². The van der Waals surface area contributed by atoms with Crippen LogP contribution in [0.1, 0.15) is 17.3 Å². The minimum absolute atomic E-state index is 0.0427. The molecule has 2 rings (SSSR count). The zero-order valence-electron chi connectivity index (χ0n) is 15.6. The molecule has 0 heterocycles. The van der Waals surface area contributed by atoms with E-state index in [4.69, 9.17) is 4.74 Å². The lowest BCUT2D eigenvalue weighted by Gasteiger charge is -2.25. The molecule has 0 aliphatic carbocycles. The number of esters is 2. The van der Waals surface area contributed by atoms with Gasteiger partial charge in [-0.1, -0.05) is 24.3 Å². The monoisotopic (exact) mass is 422 g/mol. The summed E-state index contributed by atoms with van der Waals surface area (Å²) in [5.74, 6) is -1.73. The standard InChI is InChI=1S/C18H18N2O8S/c1-3-28-18(22)13-8-4-5-9-14(13)19(12-17(21)27-2)29(25,26)16-11-7-6-10-15(16)20(23)24/h4-11H,3,12H2,1-2H3. The summed E-state index contributed by atoms with van der Waals surface area (Å²) in [5.41, 5.74) is -0.967. The average molecular weight is 422 g/mol. The molecule has 0 radical (unpaired) electrons. The highest BCUT2D eigenvalue weighted by Crippen LogP contribution is 2.32. The predicted molar refractivity (Wildman–Crippen MR) is 102 cm³/mol. The van der Waals surface area contributed by atoms with Gasteiger partial charge >= 0.3 is 11.9 Å². The molecular formula is C18H18N2O8S. The fourth-order valence-electron chi connectivity index (χ4n) is 2.50. The van der Waals surface area contributed by atoms with Gasteiger partial charge < -0.3 is 9.47 Å². The van der Waals surface area contributed by atoms with Gasteiger partial charge in [-0.2, -0.15) is 0 Å². The summed E-state index contributed by atoms with van der Waals surface area (Å²) >= 11 is 0. The highest BCUT2D eigenvalue weighted by Gasteiger charge is 2.35. The van der Waals surface area contributed by atoms with Gasteiger partial charge in [0.15, 0.2) is 4.90 Å². The number of hydrogen-bond donors (Lipinski definition) is 0. The minimum atomic E-state index is -4.62. The maximum atomic E-state index is 13.3. The average Bonchev–Trinajstić information content (AvgIpc) is 2.71. The summed E-state index contributed by atoms with van der Waals surface area (Å²) in [6.45, 7) is 0.819. The van der Waals surface area contributed by atoms with E-state index < -0.39 is 44.0 Å². The number of nitro benzene ring substituents is 1. The van der Waals surface area contributed by atoms with Crippen LogP contribution in [0.25, 0.3) is 0 Å². The van der Waals surface area contributed by atoms with Crippen molar-refractivity contribution in [1.29, 1.82) is 0 Å². The van der Waals surface area contributed by atoms with Crippen LogP contribution in [0.4, 0.5) is 11.4 Å². The quantitative estimate of drug-likeness (QED) is 0.359. The first kappa shape index (κ1) is 21.8. The highest BCUT2D eigenvalue weighted by molar-refractivity contribution is 7.93. The van der Waals surface area contributed by atoms with E-state index in [9.17, 15) is 28.1 Å². The van der Waals surface area contributed by atoms with Crippen molar-refractivity contribution in [3.05, 3.63) is 64.2 Å². The fraction of sp³-hybridized carbons (Fsp3) is 0.222. The number of para-hydroxylation sites is 2. The molecule has 154 valence electrons. The Morgan fingerprint density at radius 1 is 1.10 bits per heavy atom. The number of ether oxygens (including phenoxy) is 2. The molecule has 2 aromatic rings. The van der Waals surface area contributed by atoms with Gasteiger partial charge in [-0.15, -0.1) is 0 Å². The largest absolute Gasteiger partial charge is 0.468 e. The molecule has 0 saturated heterocycles. The molecule has 10 nitrogen and oxygen atoms in total. The van der Waals surface area contributed by atoms with Crippen molar-refractivity contribution in [2.45, 2.75) is 11.8 Å². The third-order valence-electron chi connectivity index (χ3n) is 3.80.